The molecule has 1 fully saturated rings. The van der Waals surface area contributed by atoms with Crippen molar-refractivity contribution < 1.29 is 4.74 Å². The molecule has 1 aliphatic rings. The zero-order valence-electron chi connectivity index (χ0n) is 14.6. The average molecular weight is 373 g/mol. The molecule has 0 radical (unpaired) electrons. The summed E-state index contributed by atoms with van der Waals surface area (Å²) in [6.45, 7) is 2.13. The number of anilines is 2. The first-order valence-corrected chi connectivity index (χ1v) is 9.14. The number of rotatable bonds is 7. The highest BCUT2D eigenvalue weighted by Crippen LogP contribution is 2.30. The molecule has 136 valence electrons. The van der Waals surface area contributed by atoms with E-state index in [1.165, 1.54) is 4.68 Å². The van der Waals surface area contributed by atoms with Gasteiger partial charge >= 0.3 is 0 Å². The lowest BCUT2D eigenvalue weighted by molar-refractivity contribution is 0.188. The molecule has 0 unspecified atom stereocenters. The Morgan fingerprint density at radius 1 is 1.35 bits per heavy atom. The van der Waals surface area contributed by atoms with Gasteiger partial charge in [0.25, 0.3) is 5.56 Å². The second-order valence-electron chi connectivity index (χ2n) is 6.70. The van der Waals surface area contributed by atoms with Crippen LogP contribution in [0.3, 0.4) is 0 Å². The van der Waals surface area contributed by atoms with E-state index in [2.05, 4.69) is 21.0 Å². The fraction of sp³-hybridized carbons (Fsp3) is 0.368. The lowest BCUT2D eigenvalue weighted by Crippen LogP contribution is -2.24. The van der Waals surface area contributed by atoms with Crippen LogP contribution in [0.5, 0.6) is 0 Å². The Labute approximate surface area is 156 Å². The largest absolute Gasteiger partial charge is 0.383 e. The smallest absolute Gasteiger partial charge is 0.287 e. The van der Waals surface area contributed by atoms with E-state index in [-0.39, 0.29) is 10.6 Å². The van der Waals surface area contributed by atoms with Crippen LogP contribution >= 0.6 is 11.6 Å². The summed E-state index contributed by atoms with van der Waals surface area (Å²) < 4.78 is 8.75. The number of ether oxygens (including phenoxy) is 1. The maximum absolute atomic E-state index is 12.4. The monoisotopic (exact) mass is 372 g/mol. The fourth-order valence-electron chi connectivity index (χ4n) is 3.05. The van der Waals surface area contributed by atoms with Gasteiger partial charge in [0.15, 0.2) is 0 Å². The molecule has 6 nitrogen and oxygen atoms in total. The Morgan fingerprint density at radius 3 is 2.96 bits per heavy atom. The van der Waals surface area contributed by atoms with Gasteiger partial charge in [0.05, 0.1) is 18.5 Å². The molecule has 1 aliphatic carbocycles. The average Bonchev–Trinajstić information content (AvgIpc) is 3.38. The quantitative estimate of drug-likeness (QED) is 0.687. The van der Waals surface area contributed by atoms with Crippen molar-refractivity contribution in [2.24, 2.45) is 5.92 Å². The van der Waals surface area contributed by atoms with Crippen LogP contribution < -0.4 is 10.9 Å². The summed E-state index contributed by atoms with van der Waals surface area (Å²) >= 11 is 6.28. The molecule has 0 bridgehead atoms. The highest BCUT2D eigenvalue weighted by molar-refractivity contribution is 6.33. The number of methoxy groups -OCH3 is 1. The topological polar surface area (TPSA) is 61.1 Å². The molecule has 1 aromatic carbocycles. The molecule has 0 spiro atoms. The van der Waals surface area contributed by atoms with Crippen LogP contribution in [-0.2, 0) is 17.8 Å². The van der Waals surface area contributed by atoms with Crippen molar-refractivity contribution in [3.05, 3.63) is 52.0 Å². The first-order valence-electron chi connectivity index (χ1n) is 8.76. The van der Waals surface area contributed by atoms with Crippen molar-refractivity contribution >= 4 is 33.9 Å². The maximum atomic E-state index is 12.4. The van der Waals surface area contributed by atoms with Crippen LogP contribution in [0.15, 0.2) is 41.5 Å². The minimum absolute atomic E-state index is 0.179. The van der Waals surface area contributed by atoms with Gasteiger partial charge in [-0.15, -0.1) is 0 Å². The van der Waals surface area contributed by atoms with E-state index in [1.807, 2.05) is 24.4 Å². The molecule has 3 aromatic rings. The summed E-state index contributed by atoms with van der Waals surface area (Å²) in [4.78, 5) is 12.4. The minimum atomic E-state index is -0.240. The van der Waals surface area contributed by atoms with E-state index < -0.39 is 0 Å². The number of halogens is 1. The lowest BCUT2D eigenvalue weighted by atomic mass is 10.2. The van der Waals surface area contributed by atoms with Gasteiger partial charge in [0.2, 0.25) is 0 Å². The molecule has 2 aromatic heterocycles. The van der Waals surface area contributed by atoms with Crippen molar-refractivity contribution in [2.45, 2.75) is 25.9 Å². The zero-order chi connectivity index (χ0) is 18.1. The Balaban J connectivity index is 1.56. The van der Waals surface area contributed by atoms with Gasteiger partial charge in [0, 0.05) is 43.0 Å². The van der Waals surface area contributed by atoms with Crippen molar-refractivity contribution in [2.75, 3.05) is 19.0 Å². The van der Waals surface area contributed by atoms with Crippen molar-refractivity contribution in [1.29, 1.82) is 0 Å². The van der Waals surface area contributed by atoms with E-state index in [1.54, 1.807) is 13.3 Å². The van der Waals surface area contributed by atoms with Gasteiger partial charge in [-0.25, -0.2) is 4.68 Å². The summed E-state index contributed by atoms with van der Waals surface area (Å²) in [5, 5.41) is 8.75. The molecule has 26 heavy (non-hydrogen) atoms. The van der Waals surface area contributed by atoms with Crippen LogP contribution in [0.4, 0.5) is 11.4 Å². The van der Waals surface area contributed by atoms with Crippen LogP contribution in [-0.4, -0.2) is 28.1 Å². The molecule has 0 aliphatic heterocycles. The molecule has 7 heteroatoms. The predicted octanol–water partition coefficient (Wildman–Crippen LogP) is 3.65. The summed E-state index contributed by atoms with van der Waals surface area (Å²) in [6.07, 6.45) is 5.99. The maximum Gasteiger partial charge on any atom is 0.287 e. The molecular weight excluding hydrogens is 352 g/mol. The Bertz CT molecular complexity index is 991. The van der Waals surface area contributed by atoms with E-state index in [0.29, 0.717) is 24.8 Å². The number of aromatic nitrogens is 3. The van der Waals surface area contributed by atoms with Crippen molar-refractivity contribution in [3.8, 4) is 0 Å². The van der Waals surface area contributed by atoms with Gasteiger partial charge in [-0.1, -0.05) is 11.6 Å². The molecule has 4 rings (SSSR count). The third kappa shape index (κ3) is 3.48. The molecule has 0 atom stereocenters. The van der Waals surface area contributed by atoms with Gasteiger partial charge < -0.3 is 14.6 Å². The Morgan fingerprint density at radius 2 is 2.19 bits per heavy atom. The third-order valence-electron chi connectivity index (χ3n) is 4.70. The van der Waals surface area contributed by atoms with Crippen LogP contribution in [0.1, 0.15) is 12.8 Å². The first kappa shape index (κ1) is 17.1. The summed E-state index contributed by atoms with van der Waals surface area (Å²) in [5.41, 5.74) is 2.29. The number of hydrogen-bond acceptors (Lipinski definition) is 4. The number of nitrogens with one attached hydrogen (secondary N) is 1. The molecule has 0 amide bonds. The highest BCUT2D eigenvalue weighted by atomic mass is 35.5. The van der Waals surface area contributed by atoms with E-state index in [0.717, 1.165) is 36.0 Å². The fourth-order valence-corrected chi connectivity index (χ4v) is 3.24. The molecule has 0 saturated heterocycles. The second kappa shape index (κ2) is 7.13. The summed E-state index contributed by atoms with van der Waals surface area (Å²) in [5.74, 6) is 0.569. The van der Waals surface area contributed by atoms with Gasteiger partial charge in [-0.3, -0.25) is 4.79 Å². The van der Waals surface area contributed by atoms with Crippen LogP contribution in [0.25, 0.3) is 10.9 Å². The second-order valence-corrected chi connectivity index (χ2v) is 7.08. The predicted molar refractivity (Wildman–Crippen MR) is 103 cm³/mol. The Kier molecular flexibility index (Phi) is 4.70. The van der Waals surface area contributed by atoms with Gasteiger partial charge in [0.1, 0.15) is 5.02 Å². The first-order chi connectivity index (χ1) is 12.7. The number of fused-ring (bicyclic) bond motifs is 1. The van der Waals surface area contributed by atoms with Crippen molar-refractivity contribution in [3.63, 3.8) is 0 Å². The summed E-state index contributed by atoms with van der Waals surface area (Å²) in [6, 6.07) is 8.11. The van der Waals surface area contributed by atoms with Gasteiger partial charge in [-0.05, 0) is 43.0 Å². The molecule has 1 N–H and O–H groups in total. The number of benzene rings is 1. The lowest BCUT2D eigenvalue weighted by Gasteiger charge is -2.11. The van der Waals surface area contributed by atoms with E-state index in [9.17, 15) is 4.79 Å². The standard InChI is InChI=1S/C19H21ClN4O2/c1-26-9-8-23-7-6-14-10-15(4-5-17(14)23)22-16-11-21-24(12-13-2-3-13)19(25)18(16)20/h4-7,10-11,13,22H,2-3,8-9,12H2,1H3. The van der Waals surface area contributed by atoms with Crippen LogP contribution in [0, 0.1) is 5.92 Å². The summed E-state index contributed by atoms with van der Waals surface area (Å²) in [7, 11) is 1.70. The van der Waals surface area contributed by atoms with E-state index >= 15 is 0 Å². The SMILES string of the molecule is COCCn1ccc2cc(Nc3cnn(CC4CC4)c(=O)c3Cl)ccc21. The third-order valence-corrected chi connectivity index (χ3v) is 5.06. The number of nitrogens with zero attached hydrogens (tertiary/aromatic N) is 3. The zero-order valence-corrected chi connectivity index (χ0v) is 15.4. The van der Waals surface area contributed by atoms with Gasteiger partial charge in [-0.2, -0.15) is 5.10 Å². The molecular formula is C19H21ClN4O2. The highest BCUT2D eigenvalue weighted by Gasteiger charge is 2.23. The number of hydrogen-bond donors (Lipinski definition) is 1. The van der Waals surface area contributed by atoms with Crippen molar-refractivity contribution in [1.82, 2.24) is 14.3 Å². The molecule has 1 saturated carbocycles. The van der Waals surface area contributed by atoms with E-state index in [4.69, 9.17) is 16.3 Å². The normalized spacial score (nSPS) is 14.1. The minimum Gasteiger partial charge on any atom is -0.383 e. The Hall–Kier alpha value is -2.31. The molecule has 2 heterocycles. The van der Waals surface area contributed by atoms with Crippen LogP contribution in [0.2, 0.25) is 5.02 Å².